The molecule has 0 saturated carbocycles. The van der Waals surface area contributed by atoms with Crippen LogP contribution in [0, 0.1) is 6.92 Å². The number of carbonyl (C=O) groups excluding carboxylic acids is 1. The fourth-order valence-corrected chi connectivity index (χ4v) is 3.35. The number of ether oxygens (including phenoxy) is 1. The number of benzene rings is 1. The number of hydrogen-bond donors (Lipinski definition) is 1. The molecule has 3 rings (SSSR count). The van der Waals surface area contributed by atoms with Gasteiger partial charge in [0.15, 0.2) is 0 Å². The van der Waals surface area contributed by atoms with Crippen LogP contribution in [-0.2, 0) is 4.74 Å². The van der Waals surface area contributed by atoms with Crippen molar-refractivity contribution < 1.29 is 9.53 Å². The zero-order valence-electron chi connectivity index (χ0n) is 13.7. The largest absolute Gasteiger partial charge is 0.378 e. The van der Waals surface area contributed by atoms with Crippen molar-refractivity contribution in [1.82, 2.24) is 9.88 Å². The quantitative estimate of drug-likeness (QED) is 0.912. The fourth-order valence-electron chi connectivity index (χ4n) is 3.18. The van der Waals surface area contributed by atoms with Gasteiger partial charge in [0.25, 0.3) is 5.91 Å². The second-order valence-corrected chi connectivity index (χ2v) is 6.76. The van der Waals surface area contributed by atoms with Gasteiger partial charge in [-0.2, -0.15) is 0 Å². The van der Waals surface area contributed by atoms with Crippen molar-refractivity contribution in [3.63, 3.8) is 0 Å². The lowest BCUT2D eigenvalue weighted by atomic mass is 10.1. The Labute approximate surface area is 141 Å². The molecule has 1 fully saturated rings. The summed E-state index contributed by atoms with van der Waals surface area (Å²) in [5.74, 6) is 0.0191. The third-order valence-corrected chi connectivity index (χ3v) is 4.88. The lowest BCUT2D eigenvalue weighted by Gasteiger charge is -2.25. The van der Waals surface area contributed by atoms with E-state index in [1.807, 2.05) is 32.2 Å². The first kappa shape index (κ1) is 16.3. The maximum Gasteiger partial charge on any atom is 0.270 e. The Hall–Kier alpha value is -1.52. The highest BCUT2D eigenvalue weighted by molar-refractivity contribution is 6.31. The van der Waals surface area contributed by atoms with Crippen molar-refractivity contribution in [2.75, 3.05) is 20.2 Å². The van der Waals surface area contributed by atoms with Crippen molar-refractivity contribution in [1.29, 1.82) is 0 Å². The Morgan fingerprint density at radius 3 is 3.00 bits per heavy atom. The second-order valence-electron chi connectivity index (χ2n) is 6.32. The number of H-pyrrole nitrogens is 1. The van der Waals surface area contributed by atoms with Gasteiger partial charge in [-0.3, -0.25) is 4.79 Å². The molecule has 2 aromatic rings. The number of nitrogens with zero attached hydrogens (tertiary/aromatic N) is 1. The van der Waals surface area contributed by atoms with E-state index >= 15 is 0 Å². The Morgan fingerprint density at radius 2 is 2.26 bits per heavy atom. The molecule has 5 heteroatoms. The molecule has 1 aromatic heterocycles. The summed E-state index contributed by atoms with van der Waals surface area (Å²) in [6, 6.07) is 5.64. The molecule has 23 heavy (non-hydrogen) atoms. The molecule has 0 aliphatic carbocycles. The smallest absolute Gasteiger partial charge is 0.270 e. The number of fused-ring (bicyclic) bond motifs is 1. The second kappa shape index (κ2) is 6.93. The normalized spacial score (nSPS) is 18.3. The van der Waals surface area contributed by atoms with Gasteiger partial charge in [0.1, 0.15) is 5.69 Å². The SMILES string of the molecule is Cc1c(C(=O)N(C)CCC2CCCCO2)[nH]c2ccc(Cl)cc12. The van der Waals surface area contributed by atoms with Gasteiger partial charge in [-0.15, -0.1) is 0 Å². The van der Waals surface area contributed by atoms with Gasteiger partial charge in [-0.05, 0) is 56.4 Å². The van der Waals surface area contributed by atoms with Crippen LogP contribution in [-0.4, -0.2) is 42.1 Å². The topological polar surface area (TPSA) is 45.3 Å². The summed E-state index contributed by atoms with van der Waals surface area (Å²) in [6.45, 7) is 3.52. The highest BCUT2D eigenvalue weighted by Gasteiger charge is 2.20. The first-order chi connectivity index (χ1) is 11.1. The Balaban J connectivity index is 1.70. The highest BCUT2D eigenvalue weighted by Crippen LogP contribution is 2.25. The van der Waals surface area contributed by atoms with Crippen molar-refractivity contribution >= 4 is 28.4 Å². The molecule has 124 valence electrons. The number of aryl methyl sites for hydroxylation is 1. The Morgan fingerprint density at radius 1 is 1.43 bits per heavy atom. The molecule has 1 atom stereocenters. The van der Waals surface area contributed by atoms with E-state index in [1.54, 1.807) is 4.90 Å². The summed E-state index contributed by atoms with van der Waals surface area (Å²) < 4.78 is 5.74. The van der Waals surface area contributed by atoms with Crippen LogP contribution < -0.4 is 0 Å². The highest BCUT2D eigenvalue weighted by atomic mass is 35.5. The van der Waals surface area contributed by atoms with Crippen molar-refractivity contribution in [2.45, 2.75) is 38.7 Å². The van der Waals surface area contributed by atoms with Crippen LogP contribution >= 0.6 is 11.6 Å². The number of amides is 1. The summed E-state index contributed by atoms with van der Waals surface area (Å²) >= 11 is 6.05. The lowest BCUT2D eigenvalue weighted by molar-refractivity contribution is 0.00706. The van der Waals surface area contributed by atoms with Crippen molar-refractivity contribution in [2.24, 2.45) is 0 Å². The molecule has 1 aromatic carbocycles. The molecular formula is C18H23ClN2O2. The summed E-state index contributed by atoms with van der Waals surface area (Å²) in [4.78, 5) is 17.7. The molecular weight excluding hydrogens is 312 g/mol. The van der Waals surface area contributed by atoms with Crippen LogP contribution in [0.15, 0.2) is 18.2 Å². The Kier molecular flexibility index (Phi) is 4.93. The van der Waals surface area contributed by atoms with E-state index in [2.05, 4.69) is 4.98 Å². The van der Waals surface area contributed by atoms with Gasteiger partial charge >= 0.3 is 0 Å². The predicted octanol–water partition coefficient (Wildman–Crippen LogP) is 4.16. The number of rotatable bonds is 4. The van der Waals surface area contributed by atoms with Crippen LogP contribution in [0.25, 0.3) is 10.9 Å². The van der Waals surface area contributed by atoms with E-state index < -0.39 is 0 Å². The third kappa shape index (κ3) is 3.54. The van der Waals surface area contributed by atoms with Gasteiger partial charge < -0.3 is 14.6 Å². The maximum atomic E-state index is 12.7. The predicted molar refractivity (Wildman–Crippen MR) is 93.2 cm³/mol. The molecule has 1 N–H and O–H groups in total. The third-order valence-electron chi connectivity index (χ3n) is 4.64. The number of aromatic nitrogens is 1. The van der Waals surface area contributed by atoms with E-state index in [-0.39, 0.29) is 5.91 Å². The number of halogens is 1. The number of hydrogen-bond acceptors (Lipinski definition) is 2. The van der Waals surface area contributed by atoms with E-state index in [4.69, 9.17) is 16.3 Å². The van der Waals surface area contributed by atoms with Gasteiger partial charge in [-0.1, -0.05) is 11.6 Å². The molecule has 0 radical (unpaired) electrons. The molecule has 1 aliphatic rings. The average Bonchev–Trinajstić information content (AvgIpc) is 2.89. The van der Waals surface area contributed by atoms with E-state index in [0.717, 1.165) is 42.3 Å². The molecule has 1 saturated heterocycles. The summed E-state index contributed by atoms with van der Waals surface area (Å²) in [5, 5.41) is 1.69. The fraction of sp³-hybridized carbons (Fsp3) is 0.500. The first-order valence-corrected chi connectivity index (χ1v) is 8.59. The maximum absolute atomic E-state index is 12.7. The van der Waals surface area contributed by atoms with Gasteiger partial charge in [0, 0.05) is 36.1 Å². The number of aromatic amines is 1. The minimum Gasteiger partial charge on any atom is -0.378 e. The van der Waals surface area contributed by atoms with E-state index in [1.165, 1.54) is 6.42 Å². The summed E-state index contributed by atoms with van der Waals surface area (Å²) in [5.41, 5.74) is 2.54. The van der Waals surface area contributed by atoms with Crippen LogP contribution in [0.3, 0.4) is 0 Å². The summed E-state index contributed by atoms with van der Waals surface area (Å²) in [7, 11) is 1.85. The average molecular weight is 335 g/mol. The van der Waals surface area contributed by atoms with Crippen molar-refractivity contribution in [3.05, 3.63) is 34.5 Å². The molecule has 0 spiro atoms. The minimum absolute atomic E-state index is 0.0191. The summed E-state index contributed by atoms with van der Waals surface area (Å²) in [6.07, 6.45) is 4.67. The molecule has 0 bridgehead atoms. The zero-order chi connectivity index (χ0) is 16.4. The molecule has 1 unspecified atom stereocenters. The van der Waals surface area contributed by atoms with Crippen LogP contribution in [0.5, 0.6) is 0 Å². The van der Waals surface area contributed by atoms with E-state index in [0.29, 0.717) is 23.4 Å². The molecule has 1 amide bonds. The molecule has 4 nitrogen and oxygen atoms in total. The van der Waals surface area contributed by atoms with Gasteiger partial charge in [0.05, 0.1) is 6.10 Å². The lowest BCUT2D eigenvalue weighted by Crippen LogP contribution is -2.32. The Bertz CT molecular complexity index is 704. The number of nitrogens with one attached hydrogen (secondary N) is 1. The van der Waals surface area contributed by atoms with Crippen LogP contribution in [0.1, 0.15) is 41.7 Å². The first-order valence-electron chi connectivity index (χ1n) is 8.21. The van der Waals surface area contributed by atoms with Gasteiger partial charge in [0.2, 0.25) is 0 Å². The van der Waals surface area contributed by atoms with Crippen LogP contribution in [0.2, 0.25) is 5.02 Å². The zero-order valence-corrected chi connectivity index (χ0v) is 14.4. The standard InChI is InChI=1S/C18H23ClN2O2/c1-12-15-11-13(19)6-7-16(15)20-17(12)18(22)21(2)9-8-14-5-3-4-10-23-14/h6-7,11,14,20H,3-5,8-10H2,1-2H3. The minimum atomic E-state index is 0.0191. The van der Waals surface area contributed by atoms with Crippen LogP contribution in [0.4, 0.5) is 0 Å². The molecule has 2 heterocycles. The van der Waals surface area contributed by atoms with Crippen molar-refractivity contribution in [3.8, 4) is 0 Å². The monoisotopic (exact) mass is 334 g/mol. The van der Waals surface area contributed by atoms with Gasteiger partial charge in [-0.25, -0.2) is 0 Å². The van der Waals surface area contributed by atoms with E-state index in [9.17, 15) is 4.79 Å². The molecule has 1 aliphatic heterocycles. The number of carbonyl (C=O) groups is 1.